The molecule has 6 heteroatoms. The van der Waals surface area contributed by atoms with E-state index in [1.807, 2.05) is 0 Å². The lowest BCUT2D eigenvalue weighted by Gasteiger charge is -2.22. The van der Waals surface area contributed by atoms with Crippen molar-refractivity contribution in [2.24, 2.45) is 0 Å². The predicted octanol–water partition coefficient (Wildman–Crippen LogP) is 22.4. The number of ether oxygens (including phenoxy) is 1. The third-order valence-electron chi connectivity index (χ3n) is 16.6. The maximum atomic E-state index is 12.5. The Labute approximate surface area is 476 Å². The minimum Gasteiger partial charge on any atom is -0.466 e. The van der Waals surface area contributed by atoms with Crippen LogP contribution in [0.25, 0.3) is 0 Å². The van der Waals surface area contributed by atoms with Crippen molar-refractivity contribution in [2.75, 3.05) is 13.2 Å². The van der Waals surface area contributed by atoms with Crippen LogP contribution in [0.4, 0.5) is 0 Å². The highest BCUT2D eigenvalue weighted by Crippen LogP contribution is 2.19. The minimum absolute atomic E-state index is 0.0168. The largest absolute Gasteiger partial charge is 0.466 e. The molecule has 0 aromatic rings. The number of carbonyl (C=O) groups is 2. The zero-order chi connectivity index (χ0) is 55.0. The molecule has 1 amide bonds. The van der Waals surface area contributed by atoms with Crippen LogP contribution in [-0.4, -0.2) is 47.4 Å². The first kappa shape index (κ1) is 74.6. The monoisotopic (exact) mass is 1070 g/mol. The molecule has 0 aliphatic carbocycles. The topological polar surface area (TPSA) is 95.9 Å². The molecule has 0 heterocycles. The van der Waals surface area contributed by atoms with E-state index < -0.39 is 12.1 Å². The lowest BCUT2D eigenvalue weighted by atomic mass is 10.0. The molecule has 6 nitrogen and oxygen atoms in total. The first-order chi connectivity index (χ1) is 37.5. The van der Waals surface area contributed by atoms with E-state index in [9.17, 15) is 19.8 Å². The Morgan fingerprint density at radius 1 is 0.355 bits per heavy atom. The molecule has 0 bridgehead atoms. The van der Waals surface area contributed by atoms with Crippen LogP contribution in [0.1, 0.15) is 399 Å². The molecule has 0 saturated carbocycles. The molecule has 0 aliphatic rings. The average Bonchev–Trinajstić information content (AvgIpc) is 3.42. The Balaban J connectivity index is 3.31. The second kappa shape index (κ2) is 66.1. The van der Waals surface area contributed by atoms with E-state index in [0.717, 1.165) is 44.9 Å². The fourth-order valence-electron chi connectivity index (χ4n) is 11.2. The Kier molecular flexibility index (Phi) is 64.9. The van der Waals surface area contributed by atoms with Gasteiger partial charge < -0.3 is 20.3 Å². The van der Waals surface area contributed by atoms with Gasteiger partial charge in [0.1, 0.15) is 0 Å². The molecular formula is C70H137NO5. The zero-order valence-electron chi connectivity index (χ0n) is 51.8. The van der Waals surface area contributed by atoms with Crippen molar-refractivity contribution < 1.29 is 24.5 Å². The molecule has 0 spiro atoms. The van der Waals surface area contributed by atoms with Crippen LogP contribution in [0.5, 0.6) is 0 Å². The van der Waals surface area contributed by atoms with Gasteiger partial charge in [0.2, 0.25) is 5.91 Å². The number of aliphatic hydroxyl groups is 2. The van der Waals surface area contributed by atoms with E-state index in [1.165, 1.54) is 321 Å². The lowest BCUT2D eigenvalue weighted by molar-refractivity contribution is -0.143. The van der Waals surface area contributed by atoms with Crippen molar-refractivity contribution in [3.05, 3.63) is 12.2 Å². The molecule has 452 valence electrons. The van der Waals surface area contributed by atoms with Gasteiger partial charge in [0.05, 0.1) is 25.4 Å². The summed E-state index contributed by atoms with van der Waals surface area (Å²) in [4.78, 5) is 24.6. The van der Waals surface area contributed by atoms with Gasteiger partial charge in [-0.25, -0.2) is 0 Å². The highest BCUT2D eigenvalue weighted by Gasteiger charge is 2.20. The van der Waals surface area contributed by atoms with Gasteiger partial charge in [-0.05, 0) is 51.4 Å². The zero-order valence-corrected chi connectivity index (χ0v) is 51.8. The molecule has 0 saturated heterocycles. The fourth-order valence-corrected chi connectivity index (χ4v) is 11.2. The summed E-state index contributed by atoms with van der Waals surface area (Å²) in [5.41, 5.74) is 0. The molecule has 0 rings (SSSR count). The van der Waals surface area contributed by atoms with Crippen LogP contribution >= 0.6 is 0 Å². The van der Waals surface area contributed by atoms with Crippen LogP contribution in [0, 0.1) is 0 Å². The normalized spacial score (nSPS) is 12.5. The van der Waals surface area contributed by atoms with Gasteiger partial charge in [-0.3, -0.25) is 9.59 Å². The summed E-state index contributed by atoms with van der Waals surface area (Å²) >= 11 is 0. The highest BCUT2D eigenvalue weighted by atomic mass is 16.5. The molecular weight excluding hydrogens is 935 g/mol. The Morgan fingerprint density at radius 2 is 0.618 bits per heavy atom. The number of carbonyl (C=O) groups excluding carboxylic acids is 2. The first-order valence-corrected chi connectivity index (χ1v) is 34.9. The molecule has 3 N–H and O–H groups in total. The first-order valence-electron chi connectivity index (χ1n) is 34.9. The maximum Gasteiger partial charge on any atom is 0.305 e. The predicted molar refractivity (Wildman–Crippen MR) is 333 cm³/mol. The van der Waals surface area contributed by atoms with Crippen molar-refractivity contribution in [3.8, 4) is 0 Å². The van der Waals surface area contributed by atoms with E-state index in [4.69, 9.17) is 4.74 Å². The van der Waals surface area contributed by atoms with E-state index in [2.05, 4.69) is 31.3 Å². The van der Waals surface area contributed by atoms with Crippen LogP contribution in [0.3, 0.4) is 0 Å². The summed E-state index contributed by atoms with van der Waals surface area (Å²) < 4.78 is 5.51. The Hall–Kier alpha value is -1.40. The number of allylic oxidation sites excluding steroid dienone is 2. The molecule has 0 aliphatic heterocycles. The van der Waals surface area contributed by atoms with E-state index >= 15 is 0 Å². The van der Waals surface area contributed by atoms with Crippen LogP contribution in [-0.2, 0) is 14.3 Å². The third kappa shape index (κ3) is 61.8. The van der Waals surface area contributed by atoms with Crippen molar-refractivity contribution in [3.63, 3.8) is 0 Å². The molecule has 2 unspecified atom stereocenters. The molecule has 76 heavy (non-hydrogen) atoms. The standard InChI is InChI=1S/C70H137NO5/c1-3-5-7-9-11-13-15-17-18-19-33-36-40-44-48-52-56-60-64-70(75)76-65-61-57-53-49-45-41-37-34-31-29-27-25-23-21-20-22-24-26-28-30-32-35-39-43-47-51-55-59-63-69(74)71-67(66-72)68(73)62-58-54-50-46-42-38-16-14-12-10-8-6-4-2/h18-19,67-68,72-73H,3-17,20-66H2,1-2H3,(H,71,74)/b19-18-. The Morgan fingerprint density at radius 3 is 0.934 bits per heavy atom. The van der Waals surface area contributed by atoms with Gasteiger partial charge in [-0.15, -0.1) is 0 Å². The second-order valence-electron chi connectivity index (χ2n) is 24.2. The lowest BCUT2D eigenvalue weighted by Crippen LogP contribution is -2.45. The molecule has 0 radical (unpaired) electrons. The van der Waals surface area contributed by atoms with Crippen LogP contribution < -0.4 is 5.32 Å². The number of unbranched alkanes of at least 4 members (excludes halogenated alkanes) is 53. The molecule has 0 fully saturated rings. The SMILES string of the molecule is CCCCCCCCC/C=C\CCCCCCCCCC(=O)OCCCCCCCCCCCCCCCCCCCCCCCCCCCCCCC(=O)NC(CO)C(O)CCCCCCCCCCCCCCC. The Bertz CT molecular complexity index is 1140. The summed E-state index contributed by atoms with van der Waals surface area (Å²) in [6.07, 6.45) is 81.2. The van der Waals surface area contributed by atoms with Crippen molar-refractivity contribution in [2.45, 2.75) is 411 Å². The molecule has 2 atom stereocenters. The minimum atomic E-state index is -0.660. The highest BCUT2D eigenvalue weighted by molar-refractivity contribution is 5.76. The summed E-state index contributed by atoms with van der Waals surface area (Å²) in [5, 5.41) is 23.3. The fraction of sp³-hybridized carbons (Fsp3) is 0.943. The molecule has 0 aromatic carbocycles. The number of rotatable bonds is 66. The van der Waals surface area contributed by atoms with Gasteiger partial charge in [-0.2, -0.15) is 0 Å². The van der Waals surface area contributed by atoms with Crippen LogP contribution in [0.15, 0.2) is 12.2 Å². The van der Waals surface area contributed by atoms with Gasteiger partial charge in [0.15, 0.2) is 0 Å². The van der Waals surface area contributed by atoms with Gasteiger partial charge in [-0.1, -0.05) is 347 Å². The number of hydrogen-bond acceptors (Lipinski definition) is 5. The maximum absolute atomic E-state index is 12.5. The van der Waals surface area contributed by atoms with Crippen molar-refractivity contribution in [1.29, 1.82) is 0 Å². The summed E-state index contributed by atoms with van der Waals surface area (Å²) in [7, 11) is 0. The average molecular weight is 1070 g/mol. The van der Waals surface area contributed by atoms with E-state index in [1.54, 1.807) is 0 Å². The number of hydrogen-bond donors (Lipinski definition) is 3. The van der Waals surface area contributed by atoms with Gasteiger partial charge in [0.25, 0.3) is 0 Å². The molecule has 0 aromatic heterocycles. The number of nitrogens with one attached hydrogen (secondary N) is 1. The third-order valence-corrected chi connectivity index (χ3v) is 16.6. The van der Waals surface area contributed by atoms with Gasteiger partial charge >= 0.3 is 5.97 Å². The van der Waals surface area contributed by atoms with E-state index in [-0.39, 0.29) is 18.5 Å². The van der Waals surface area contributed by atoms with Gasteiger partial charge in [0, 0.05) is 12.8 Å². The smallest absolute Gasteiger partial charge is 0.305 e. The summed E-state index contributed by atoms with van der Waals surface area (Å²) in [6, 6.07) is -0.537. The van der Waals surface area contributed by atoms with Crippen molar-refractivity contribution in [1.82, 2.24) is 5.32 Å². The van der Waals surface area contributed by atoms with Crippen molar-refractivity contribution >= 4 is 11.9 Å². The number of esters is 1. The van der Waals surface area contributed by atoms with E-state index in [0.29, 0.717) is 25.9 Å². The second-order valence-corrected chi connectivity index (χ2v) is 24.2. The quantitative estimate of drug-likeness (QED) is 0.0320. The number of amides is 1. The summed E-state index contributed by atoms with van der Waals surface area (Å²) in [6.45, 7) is 4.98. The number of aliphatic hydroxyl groups excluding tert-OH is 2. The summed E-state index contributed by atoms with van der Waals surface area (Å²) in [5.74, 6) is -0.0127. The van der Waals surface area contributed by atoms with Crippen LogP contribution in [0.2, 0.25) is 0 Å².